The van der Waals surface area contributed by atoms with Crippen molar-refractivity contribution in [2.75, 3.05) is 0 Å². The second-order valence-corrected chi connectivity index (χ2v) is 3.41. The maximum atomic E-state index is 12.1. The Bertz CT molecular complexity index is 367. The summed E-state index contributed by atoms with van der Waals surface area (Å²) in [6, 6.07) is 3.74. The summed E-state index contributed by atoms with van der Waals surface area (Å²) in [5, 5.41) is 8.37. The molecule has 0 aliphatic carbocycles. The average Bonchev–Trinajstić information content (AvgIpc) is 2.01. The first-order chi connectivity index (χ1) is 5.93. The predicted octanol–water partition coefficient (Wildman–Crippen LogP) is 2.58. The summed E-state index contributed by atoms with van der Waals surface area (Å²) < 4.78 is 36.7. The summed E-state index contributed by atoms with van der Waals surface area (Å²) in [6.45, 7) is 0. The van der Waals surface area contributed by atoms with E-state index in [1.807, 2.05) is 0 Å². The quantitative estimate of drug-likeness (QED) is 0.690. The largest absolute Gasteiger partial charge is 0.433 e. The van der Waals surface area contributed by atoms with Gasteiger partial charge in [-0.05, 0) is 34.7 Å². The SMILES string of the molecule is N#Cc1cc(I)cc(C(F)(F)F)n1. The number of halogens is 4. The van der Waals surface area contributed by atoms with Crippen LogP contribution in [0.25, 0.3) is 0 Å². The molecule has 68 valence electrons. The van der Waals surface area contributed by atoms with Gasteiger partial charge in [-0.1, -0.05) is 0 Å². The van der Waals surface area contributed by atoms with Gasteiger partial charge in [0.1, 0.15) is 17.5 Å². The molecule has 6 heteroatoms. The fourth-order valence-corrected chi connectivity index (χ4v) is 1.29. The zero-order valence-electron chi connectivity index (χ0n) is 6.06. The van der Waals surface area contributed by atoms with Crippen LogP contribution in [0.15, 0.2) is 12.1 Å². The zero-order valence-corrected chi connectivity index (χ0v) is 8.22. The molecule has 0 unspecified atom stereocenters. The molecule has 0 aromatic carbocycles. The van der Waals surface area contributed by atoms with Crippen LogP contribution in [0.1, 0.15) is 11.4 Å². The molecular weight excluding hydrogens is 296 g/mol. The number of hydrogen-bond acceptors (Lipinski definition) is 2. The van der Waals surface area contributed by atoms with Crippen molar-refractivity contribution in [1.29, 1.82) is 5.26 Å². The number of pyridine rings is 1. The van der Waals surface area contributed by atoms with Crippen LogP contribution >= 0.6 is 22.6 Å². The van der Waals surface area contributed by atoms with Crippen LogP contribution in [0.5, 0.6) is 0 Å². The minimum atomic E-state index is -4.49. The third kappa shape index (κ3) is 2.55. The maximum absolute atomic E-state index is 12.1. The highest BCUT2D eigenvalue weighted by molar-refractivity contribution is 14.1. The Morgan fingerprint density at radius 2 is 2.00 bits per heavy atom. The lowest BCUT2D eigenvalue weighted by Crippen LogP contribution is -2.09. The van der Waals surface area contributed by atoms with Crippen LogP contribution in [0.3, 0.4) is 0 Å². The highest BCUT2D eigenvalue weighted by Gasteiger charge is 2.33. The minimum absolute atomic E-state index is 0.223. The Morgan fingerprint density at radius 3 is 2.46 bits per heavy atom. The fraction of sp³-hybridized carbons (Fsp3) is 0.143. The van der Waals surface area contributed by atoms with Gasteiger partial charge < -0.3 is 0 Å². The number of hydrogen-bond donors (Lipinski definition) is 0. The van der Waals surface area contributed by atoms with Crippen molar-refractivity contribution in [1.82, 2.24) is 4.98 Å². The molecule has 1 rings (SSSR count). The zero-order chi connectivity index (χ0) is 10.1. The topological polar surface area (TPSA) is 36.7 Å². The molecular formula is C7H2F3IN2. The maximum Gasteiger partial charge on any atom is 0.433 e. The van der Waals surface area contributed by atoms with Crippen LogP contribution in [0.2, 0.25) is 0 Å². The van der Waals surface area contributed by atoms with E-state index < -0.39 is 11.9 Å². The molecule has 1 aromatic rings. The third-order valence-electron chi connectivity index (χ3n) is 1.20. The third-order valence-corrected chi connectivity index (χ3v) is 1.82. The van der Waals surface area contributed by atoms with Gasteiger partial charge in [0.2, 0.25) is 0 Å². The van der Waals surface area contributed by atoms with Gasteiger partial charge in [-0.25, -0.2) is 4.98 Å². The number of aromatic nitrogens is 1. The van der Waals surface area contributed by atoms with E-state index in [1.54, 1.807) is 28.7 Å². The van der Waals surface area contributed by atoms with Gasteiger partial charge in [0.05, 0.1) is 0 Å². The number of alkyl halides is 3. The van der Waals surface area contributed by atoms with E-state index in [1.165, 1.54) is 6.07 Å². The second-order valence-electron chi connectivity index (χ2n) is 2.17. The second kappa shape index (κ2) is 3.49. The average molecular weight is 298 g/mol. The Hall–Kier alpha value is -0.840. The molecule has 1 heterocycles. The van der Waals surface area contributed by atoms with E-state index in [-0.39, 0.29) is 5.69 Å². The van der Waals surface area contributed by atoms with Crippen molar-refractivity contribution >= 4 is 22.6 Å². The summed E-state index contributed by atoms with van der Waals surface area (Å²) in [6.07, 6.45) is -4.49. The Kier molecular flexibility index (Phi) is 2.75. The monoisotopic (exact) mass is 298 g/mol. The van der Waals surface area contributed by atoms with Gasteiger partial charge in [-0.15, -0.1) is 0 Å². The van der Waals surface area contributed by atoms with Crippen molar-refractivity contribution in [3.63, 3.8) is 0 Å². The lowest BCUT2D eigenvalue weighted by atomic mass is 10.3. The molecule has 0 aliphatic rings. The van der Waals surface area contributed by atoms with E-state index in [0.717, 1.165) is 6.07 Å². The molecule has 0 fully saturated rings. The molecule has 0 atom stereocenters. The Balaban J connectivity index is 3.26. The van der Waals surface area contributed by atoms with E-state index in [0.29, 0.717) is 3.57 Å². The molecule has 0 amide bonds. The molecule has 0 saturated carbocycles. The van der Waals surface area contributed by atoms with Crippen LogP contribution < -0.4 is 0 Å². The molecule has 0 radical (unpaired) electrons. The van der Waals surface area contributed by atoms with Crippen molar-refractivity contribution in [2.24, 2.45) is 0 Å². The van der Waals surface area contributed by atoms with Gasteiger partial charge in [0.15, 0.2) is 0 Å². The number of rotatable bonds is 0. The lowest BCUT2D eigenvalue weighted by molar-refractivity contribution is -0.141. The summed E-state index contributed by atoms with van der Waals surface area (Å²) in [5.41, 5.74) is -1.25. The van der Waals surface area contributed by atoms with E-state index in [9.17, 15) is 13.2 Å². The van der Waals surface area contributed by atoms with Gasteiger partial charge in [-0.3, -0.25) is 0 Å². The van der Waals surface area contributed by atoms with E-state index >= 15 is 0 Å². The standard InChI is InChI=1S/C7H2F3IN2/c8-7(9,10)6-2-4(11)1-5(3-12)13-6/h1-2H. The molecule has 0 saturated heterocycles. The molecule has 0 aliphatic heterocycles. The van der Waals surface area contributed by atoms with Crippen LogP contribution in [-0.4, -0.2) is 4.98 Å². The van der Waals surface area contributed by atoms with Gasteiger partial charge in [0, 0.05) is 3.57 Å². The van der Waals surface area contributed by atoms with E-state index in [2.05, 4.69) is 4.98 Å². The van der Waals surface area contributed by atoms with Crippen LogP contribution in [0, 0.1) is 14.9 Å². The van der Waals surface area contributed by atoms with Crippen molar-refractivity contribution < 1.29 is 13.2 Å². The minimum Gasteiger partial charge on any atom is -0.233 e. The van der Waals surface area contributed by atoms with Crippen molar-refractivity contribution in [3.8, 4) is 6.07 Å². The highest BCUT2D eigenvalue weighted by atomic mass is 127. The summed E-state index contributed by atoms with van der Waals surface area (Å²) in [4.78, 5) is 3.13. The lowest BCUT2D eigenvalue weighted by Gasteiger charge is -2.05. The van der Waals surface area contributed by atoms with Gasteiger partial charge in [0.25, 0.3) is 0 Å². The molecule has 0 bridgehead atoms. The van der Waals surface area contributed by atoms with Gasteiger partial charge >= 0.3 is 6.18 Å². The summed E-state index contributed by atoms with van der Waals surface area (Å²) >= 11 is 1.70. The van der Waals surface area contributed by atoms with Crippen LogP contribution in [-0.2, 0) is 6.18 Å². The highest BCUT2D eigenvalue weighted by Crippen LogP contribution is 2.28. The molecule has 0 N–H and O–H groups in total. The smallest absolute Gasteiger partial charge is 0.233 e. The predicted molar refractivity (Wildman–Crippen MR) is 46.7 cm³/mol. The Morgan fingerprint density at radius 1 is 1.38 bits per heavy atom. The molecule has 1 aromatic heterocycles. The summed E-state index contributed by atoms with van der Waals surface area (Å²) in [7, 11) is 0. The van der Waals surface area contributed by atoms with Crippen LogP contribution in [0.4, 0.5) is 13.2 Å². The first-order valence-electron chi connectivity index (χ1n) is 3.08. The van der Waals surface area contributed by atoms with Crippen molar-refractivity contribution in [3.05, 3.63) is 27.1 Å². The number of nitriles is 1. The van der Waals surface area contributed by atoms with E-state index in [4.69, 9.17) is 5.26 Å². The molecule has 13 heavy (non-hydrogen) atoms. The van der Waals surface area contributed by atoms with Gasteiger partial charge in [-0.2, -0.15) is 18.4 Å². The molecule has 2 nitrogen and oxygen atoms in total. The Labute approximate surface area is 85.5 Å². The first kappa shape index (κ1) is 10.2. The first-order valence-corrected chi connectivity index (χ1v) is 4.16. The molecule has 0 spiro atoms. The normalized spacial score (nSPS) is 11.0. The fourth-order valence-electron chi connectivity index (χ4n) is 0.700. The number of nitrogens with zero attached hydrogens (tertiary/aromatic N) is 2. The summed E-state index contributed by atoms with van der Waals surface area (Å²) in [5.74, 6) is 0. The van der Waals surface area contributed by atoms with Crippen molar-refractivity contribution in [2.45, 2.75) is 6.18 Å².